The van der Waals surface area contributed by atoms with Crippen LogP contribution < -0.4 is 10.6 Å². The third-order valence-corrected chi connectivity index (χ3v) is 5.43. The number of likely N-dealkylation sites (N-methyl/N-ethyl adjacent to an activating group) is 1. The van der Waals surface area contributed by atoms with E-state index in [4.69, 9.17) is 0 Å². The average molecular weight is 402 g/mol. The van der Waals surface area contributed by atoms with Crippen molar-refractivity contribution in [3.8, 4) is 0 Å². The molecule has 2 N–H and O–H groups in total. The van der Waals surface area contributed by atoms with Crippen LogP contribution in [0.3, 0.4) is 0 Å². The lowest BCUT2D eigenvalue weighted by Gasteiger charge is -2.24. The summed E-state index contributed by atoms with van der Waals surface area (Å²) in [4.78, 5) is 27.0. The molecule has 2 rings (SSSR count). The standard InChI is InChI=1S/C21H27N3O3S/c1-5-22-21(26)17-7-6-8-18(13-17)23-20(25)14-24(3)15(2)16-9-11-19(12-10-16)28(4)27/h6-13,15H,5,14H2,1-4H3,(H,22,26)(H,23,25)/t15-,28-/m0/s1. The summed E-state index contributed by atoms with van der Waals surface area (Å²) in [5.41, 5.74) is 2.14. The van der Waals surface area contributed by atoms with Crippen molar-refractivity contribution in [1.82, 2.24) is 10.2 Å². The highest BCUT2D eigenvalue weighted by atomic mass is 32.2. The topological polar surface area (TPSA) is 78.5 Å². The Balaban J connectivity index is 1.97. The maximum absolute atomic E-state index is 12.4. The highest BCUT2D eigenvalue weighted by Gasteiger charge is 2.16. The van der Waals surface area contributed by atoms with Gasteiger partial charge in [0.1, 0.15) is 0 Å². The van der Waals surface area contributed by atoms with Gasteiger partial charge in [-0.3, -0.25) is 18.7 Å². The lowest BCUT2D eigenvalue weighted by Crippen LogP contribution is -2.32. The van der Waals surface area contributed by atoms with Gasteiger partial charge in [0.2, 0.25) is 5.91 Å². The van der Waals surface area contributed by atoms with Crippen LogP contribution in [0.2, 0.25) is 0 Å². The van der Waals surface area contributed by atoms with Crippen molar-refractivity contribution < 1.29 is 13.8 Å². The largest absolute Gasteiger partial charge is 0.352 e. The maximum Gasteiger partial charge on any atom is 0.251 e. The fourth-order valence-electron chi connectivity index (χ4n) is 2.76. The van der Waals surface area contributed by atoms with E-state index in [1.54, 1.807) is 30.5 Å². The van der Waals surface area contributed by atoms with Crippen LogP contribution in [0.15, 0.2) is 53.4 Å². The number of benzene rings is 2. The molecule has 2 aromatic rings. The van der Waals surface area contributed by atoms with Crippen molar-refractivity contribution in [3.05, 3.63) is 59.7 Å². The molecule has 0 aromatic heterocycles. The minimum absolute atomic E-state index is 0.0201. The zero-order valence-electron chi connectivity index (χ0n) is 16.7. The molecule has 0 heterocycles. The molecule has 0 radical (unpaired) electrons. The van der Waals surface area contributed by atoms with Crippen LogP contribution in [0.1, 0.15) is 35.8 Å². The monoisotopic (exact) mass is 401 g/mol. The van der Waals surface area contributed by atoms with Gasteiger partial charge < -0.3 is 10.6 Å². The molecule has 0 bridgehead atoms. The summed E-state index contributed by atoms with van der Waals surface area (Å²) >= 11 is 0. The normalized spacial score (nSPS) is 13.0. The van der Waals surface area contributed by atoms with E-state index in [1.807, 2.05) is 50.1 Å². The van der Waals surface area contributed by atoms with Crippen LogP contribution in [0.4, 0.5) is 5.69 Å². The first-order chi connectivity index (χ1) is 13.3. The summed E-state index contributed by atoms with van der Waals surface area (Å²) in [7, 11) is 0.870. The SMILES string of the molecule is CCNC(=O)c1cccc(NC(=O)CN(C)[C@@H](C)c2ccc([S@](C)=O)cc2)c1. The molecule has 0 aliphatic heterocycles. The lowest BCUT2D eigenvalue weighted by molar-refractivity contribution is -0.117. The molecule has 0 saturated heterocycles. The Morgan fingerprint density at radius 2 is 1.82 bits per heavy atom. The maximum atomic E-state index is 12.4. The van der Waals surface area contributed by atoms with E-state index in [0.29, 0.717) is 17.8 Å². The van der Waals surface area contributed by atoms with Gasteiger partial charge in [-0.1, -0.05) is 18.2 Å². The fraction of sp³-hybridized carbons (Fsp3) is 0.333. The van der Waals surface area contributed by atoms with E-state index in [9.17, 15) is 13.8 Å². The summed E-state index contributed by atoms with van der Waals surface area (Å²) in [5, 5.41) is 5.58. The Labute approximate surface area is 168 Å². The van der Waals surface area contributed by atoms with Crippen LogP contribution in [0.5, 0.6) is 0 Å². The number of nitrogens with one attached hydrogen (secondary N) is 2. The molecule has 0 aliphatic rings. The third-order valence-electron chi connectivity index (χ3n) is 4.49. The molecule has 0 spiro atoms. The Morgan fingerprint density at radius 1 is 1.14 bits per heavy atom. The van der Waals surface area contributed by atoms with E-state index < -0.39 is 10.8 Å². The number of amides is 2. The van der Waals surface area contributed by atoms with Crippen LogP contribution in [0, 0.1) is 0 Å². The Morgan fingerprint density at radius 3 is 2.43 bits per heavy atom. The second-order valence-electron chi connectivity index (χ2n) is 6.60. The highest BCUT2D eigenvalue weighted by Crippen LogP contribution is 2.20. The summed E-state index contributed by atoms with van der Waals surface area (Å²) < 4.78 is 11.5. The first-order valence-corrected chi connectivity index (χ1v) is 10.7. The molecule has 2 aromatic carbocycles. The predicted molar refractivity (Wildman–Crippen MR) is 113 cm³/mol. The van der Waals surface area contributed by atoms with Gasteiger partial charge in [0.15, 0.2) is 0 Å². The van der Waals surface area contributed by atoms with Gasteiger partial charge in [-0.2, -0.15) is 0 Å². The van der Waals surface area contributed by atoms with Gasteiger partial charge in [0.25, 0.3) is 5.91 Å². The van der Waals surface area contributed by atoms with Crippen LogP contribution in [-0.2, 0) is 15.6 Å². The second kappa shape index (κ2) is 10.1. The second-order valence-corrected chi connectivity index (χ2v) is 7.98. The summed E-state index contributed by atoms with van der Waals surface area (Å²) in [5.74, 6) is -0.325. The zero-order chi connectivity index (χ0) is 20.7. The average Bonchev–Trinajstić information content (AvgIpc) is 2.67. The van der Waals surface area contributed by atoms with Crippen molar-refractivity contribution >= 4 is 28.3 Å². The van der Waals surface area contributed by atoms with E-state index in [1.165, 1.54) is 0 Å². The molecule has 0 unspecified atom stereocenters. The summed E-state index contributed by atoms with van der Waals surface area (Å²) in [6.07, 6.45) is 1.65. The van der Waals surface area contributed by atoms with Crippen LogP contribution in [0.25, 0.3) is 0 Å². The molecule has 0 aliphatic carbocycles. The zero-order valence-corrected chi connectivity index (χ0v) is 17.5. The number of carbonyl (C=O) groups excluding carboxylic acids is 2. The number of hydrogen-bond acceptors (Lipinski definition) is 4. The van der Waals surface area contributed by atoms with Crippen LogP contribution in [-0.4, -0.2) is 47.3 Å². The van der Waals surface area contributed by atoms with Crippen molar-refractivity contribution in [2.45, 2.75) is 24.8 Å². The summed E-state index contributed by atoms with van der Waals surface area (Å²) in [6, 6.07) is 14.5. The van der Waals surface area contributed by atoms with Crippen LogP contribution >= 0.6 is 0 Å². The van der Waals surface area contributed by atoms with Crippen molar-refractivity contribution in [2.24, 2.45) is 0 Å². The molecule has 2 atom stereocenters. The van der Waals surface area contributed by atoms with E-state index >= 15 is 0 Å². The van der Waals surface area contributed by atoms with Gasteiger partial charge >= 0.3 is 0 Å². The van der Waals surface area contributed by atoms with Crippen molar-refractivity contribution in [3.63, 3.8) is 0 Å². The molecular formula is C21H27N3O3S. The number of carbonyl (C=O) groups is 2. The molecule has 28 heavy (non-hydrogen) atoms. The Hall–Kier alpha value is -2.51. The fourth-order valence-corrected chi connectivity index (χ4v) is 3.28. The lowest BCUT2D eigenvalue weighted by atomic mass is 10.1. The van der Waals surface area contributed by atoms with Gasteiger partial charge in [0, 0.05) is 45.8 Å². The minimum Gasteiger partial charge on any atom is -0.352 e. The molecule has 7 heteroatoms. The molecule has 6 nitrogen and oxygen atoms in total. The van der Waals surface area contributed by atoms with Gasteiger partial charge in [-0.05, 0) is 56.8 Å². The van der Waals surface area contributed by atoms with E-state index in [0.717, 1.165) is 10.5 Å². The predicted octanol–water partition coefficient (Wildman–Crippen LogP) is 2.81. The molecule has 0 fully saturated rings. The summed E-state index contributed by atoms with van der Waals surface area (Å²) in [6.45, 7) is 4.62. The quantitative estimate of drug-likeness (QED) is 0.713. The molecule has 2 amide bonds. The molecule has 150 valence electrons. The molecular weight excluding hydrogens is 374 g/mol. The van der Waals surface area contributed by atoms with Crippen molar-refractivity contribution in [2.75, 3.05) is 31.7 Å². The number of anilines is 1. The highest BCUT2D eigenvalue weighted by molar-refractivity contribution is 7.84. The first kappa shape index (κ1) is 21.8. The molecule has 0 saturated carbocycles. The van der Waals surface area contributed by atoms with Gasteiger partial charge in [0.05, 0.1) is 6.54 Å². The smallest absolute Gasteiger partial charge is 0.251 e. The van der Waals surface area contributed by atoms with Gasteiger partial charge in [-0.25, -0.2) is 0 Å². The first-order valence-electron chi connectivity index (χ1n) is 9.13. The number of nitrogens with zero attached hydrogens (tertiary/aromatic N) is 1. The third kappa shape index (κ3) is 6.00. The minimum atomic E-state index is -1.01. The number of hydrogen-bond donors (Lipinski definition) is 2. The Kier molecular flexibility index (Phi) is 7.90. The van der Waals surface area contributed by atoms with E-state index in [-0.39, 0.29) is 24.4 Å². The van der Waals surface area contributed by atoms with E-state index in [2.05, 4.69) is 10.6 Å². The van der Waals surface area contributed by atoms with Crippen molar-refractivity contribution in [1.29, 1.82) is 0 Å². The van der Waals surface area contributed by atoms with Gasteiger partial charge in [-0.15, -0.1) is 0 Å². The Bertz CT molecular complexity index is 852. The number of rotatable bonds is 8.